The van der Waals surface area contributed by atoms with Crippen molar-refractivity contribution < 1.29 is 23.1 Å². The molecule has 0 spiro atoms. The monoisotopic (exact) mass is 316 g/mol. The van der Waals surface area contributed by atoms with E-state index in [4.69, 9.17) is 16.7 Å². The van der Waals surface area contributed by atoms with Gasteiger partial charge in [-0.2, -0.15) is 13.2 Å². The van der Waals surface area contributed by atoms with Gasteiger partial charge in [-0.25, -0.2) is 9.78 Å². The van der Waals surface area contributed by atoms with Gasteiger partial charge >= 0.3 is 12.1 Å². The van der Waals surface area contributed by atoms with Crippen molar-refractivity contribution >= 4 is 29.1 Å². The molecule has 21 heavy (non-hydrogen) atoms. The van der Waals surface area contributed by atoms with Crippen LogP contribution < -0.4 is 5.32 Å². The Hall–Kier alpha value is -2.28. The van der Waals surface area contributed by atoms with E-state index >= 15 is 0 Å². The van der Waals surface area contributed by atoms with Gasteiger partial charge < -0.3 is 10.4 Å². The molecule has 0 saturated heterocycles. The number of nitrogens with zero attached hydrogens (tertiary/aromatic N) is 1. The Labute approximate surface area is 122 Å². The van der Waals surface area contributed by atoms with Crippen LogP contribution in [0.15, 0.2) is 36.5 Å². The van der Waals surface area contributed by atoms with Gasteiger partial charge in [0.1, 0.15) is 5.82 Å². The van der Waals surface area contributed by atoms with Crippen LogP contribution in [-0.2, 0) is 6.18 Å². The molecular formula is C13H8ClF3N2O2. The van der Waals surface area contributed by atoms with E-state index in [9.17, 15) is 18.0 Å². The highest BCUT2D eigenvalue weighted by molar-refractivity contribution is 6.33. The molecule has 1 aromatic carbocycles. The van der Waals surface area contributed by atoms with Crippen molar-refractivity contribution in [2.45, 2.75) is 6.18 Å². The lowest BCUT2D eigenvalue weighted by molar-refractivity contribution is -0.137. The third-order valence-electron chi connectivity index (χ3n) is 2.57. The van der Waals surface area contributed by atoms with Crippen molar-refractivity contribution in [3.63, 3.8) is 0 Å². The number of aromatic carboxylic acids is 1. The van der Waals surface area contributed by atoms with Crippen molar-refractivity contribution in [1.29, 1.82) is 0 Å². The lowest BCUT2D eigenvalue weighted by atomic mass is 10.2. The average Bonchev–Trinajstić information content (AvgIpc) is 2.40. The zero-order valence-electron chi connectivity index (χ0n) is 10.3. The number of pyridine rings is 1. The minimum Gasteiger partial charge on any atom is -0.478 e. The molecule has 2 N–H and O–H groups in total. The number of carbonyl (C=O) groups is 1. The maximum absolute atomic E-state index is 12.4. The number of carboxylic acid groups (broad SMARTS) is 1. The summed E-state index contributed by atoms with van der Waals surface area (Å²) < 4.78 is 37.3. The van der Waals surface area contributed by atoms with E-state index in [0.29, 0.717) is 5.69 Å². The third-order valence-corrected chi connectivity index (χ3v) is 2.87. The fraction of sp³-hybridized carbons (Fsp3) is 0.0769. The van der Waals surface area contributed by atoms with E-state index in [2.05, 4.69) is 10.3 Å². The highest BCUT2D eigenvalue weighted by Gasteiger charge is 2.29. The lowest BCUT2D eigenvalue weighted by Gasteiger charge is -2.09. The van der Waals surface area contributed by atoms with Gasteiger partial charge in [0.05, 0.1) is 16.1 Å². The molecule has 110 valence electrons. The number of nitrogens with one attached hydrogen (secondary N) is 1. The van der Waals surface area contributed by atoms with Crippen molar-refractivity contribution in [3.8, 4) is 0 Å². The molecule has 0 bridgehead atoms. The first kappa shape index (κ1) is 15.1. The minimum absolute atomic E-state index is 0.0273. The zero-order chi connectivity index (χ0) is 15.6. The maximum Gasteiger partial charge on any atom is 0.416 e. The quantitative estimate of drug-likeness (QED) is 0.891. The van der Waals surface area contributed by atoms with E-state index < -0.39 is 17.7 Å². The molecule has 2 aromatic rings. The van der Waals surface area contributed by atoms with Crippen LogP contribution in [0.5, 0.6) is 0 Å². The van der Waals surface area contributed by atoms with Crippen molar-refractivity contribution in [2.75, 3.05) is 5.32 Å². The van der Waals surface area contributed by atoms with Gasteiger partial charge in [0, 0.05) is 11.9 Å². The fourth-order valence-corrected chi connectivity index (χ4v) is 1.75. The van der Waals surface area contributed by atoms with Gasteiger partial charge in [-0.15, -0.1) is 0 Å². The summed E-state index contributed by atoms with van der Waals surface area (Å²) in [6, 6.07) is 5.47. The second-order valence-electron chi connectivity index (χ2n) is 4.05. The topological polar surface area (TPSA) is 62.2 Å². The largest absolute Gasteiger partial charge is 0.478 e. The van der Waals surface area contributed by atoms with Gasteiger partial charge in [0.15, 0.2) is 0 Å². The summed E-state index contributed by atoms with van der Waals surface area (Å²) in [6.45, 7) is 0. The second-order valence-corrected chi connectivity index (χ2v) is 4.46. The number of benzene rings is 1. The van der Waals surface area contributed by atoms with E-state index in [-0.39, 0.29) is 16.4 Å². The summed E-state index contributed by atoms with van der Waals surface area (Å²) in [4.78, 5) is 14.8. The predicted molar refractivity (Wildman–Crippen MR) is 70.9 cm³/mol. The number of aromatic nitrogens is 1. The van der Waals surface area contributed by atoms with Gasteiger partial charge in [-0.3, -0.25) is 0 Å². The third kappa shape index (κ3) is 3.63. The predicted octanol–water partition coefficient (Wildman–Crippen LogP) is 4.20. The number of hydrogen-bond donors (Lipinski definition) is 2. The van der Waals surface area contributed by atoms with Gasteiger partial charge in [0.25, 0.3) is 0 Å². The molecule has 0 aliphatic carbocycles. The number of anilines is 2. The zero-order valence-corrected chi connectivity index (χ0v) is 11.0. The van der Waals surface area contributed by atoms with E-state index in [0.717, 1.165) is 18.3 Å². The summed E-state index contributed by atoms with van der Waals surface area (Å²) in [5, 5.41) is 11.6. The number of rotatable bonds is 3. The first-order valence-corrected chi connectivity index (χ1v) is 5.98. The smallest absolute Gasteiger partial charge is 0.416 e. The molecule has 1 aromatic heterocycles. The number of alkyl halides is 3. The van der Waals surface area contributed by atoms with Crippen LogP contribution in [0.25, 0.3) is 0 Å². The summed E-state index contributed by atoms with van der Waals surface area (Å²) >= 11 is 5.67. The van der Waals surface area contributed by atoms with Gasteiger partial charge in [-0.05, 0) is 30.3 Å². The lowest BCUT2D eigenvalue weighted by Crippen LogP contribution is -2.05. The SMILES string of the molecule is O=C(O)c1cc(Nc2ccc(C(F)(F)F)cc2)ncc1Cl. The van der Waals surface area contributed by atoms with Crippen LogP contribution in [0.3, 0.4) is 0 Å². The van der Waals surface area contributed by atoms with Crippen LogP contribution in [-0.4, -0.2) is 16.1 Å². The number of carboxylic acids is 1. The first-order chi connectivity index (χ1) is 9.77. The minimum atomic E-state index is -4.41. The summed E-state index contributed by atoms with van der Waals surface area (Å²) in [6.07, 6.45) is -3.26. The molecule has 1 heterocycles. The van der Waals surface area contributed by atoms with E-state index in [1.54, 1.807) is 0 Å². The Morgan fingerprint density at radius 1 is 1.24 bits per heavy atom. The molecule has 0 aliphatic heterocycles. The first-order valence-electron chi connectivity index (χ1n) is 5.60. The fourth-order valence-electron chi connectivity index (χ4n) is 1.56. The summed E-state index contributed by atoms with van der Waals surface area (Å²) in [7, 11) is 0. The van der Waals surface area contributed by atoms with E-state index in [1.165, 1.54) is 18.2 Å². The summed E-state index contributed by atoms with van der Waals surface area (Å²) in [5.74, 6) is -1.06. The van der Waals surface area contributed by atoms with Crippen LogP contribution in [0, 0.1) is 0 Å². The molecule has 0 fully saturated rings. The van der Waals surface area contributed by atoms with Gasteiger partial charge in [-0.1, -0.05) is 11.6 Å². The van der Waals surface area contributed by atoms with Crippen LogP contribution in [0.1, 0.15) is 15.9 Å². The highest BCUT2D eigenvalue weighted by atomic mass is 35.5. The molecule has 0 aliphatic rings. The molecule has 2 rings (SSSR count). The van der Waals surface area contributed by atoms with Crippen molar-refractivity contribution in [1.82, 2.24) is 4.98 Å². The van der Waals surface area contributed by atoms with Crippen LogP contribution in [0.2, 0.25) is 5.02 Å². The molecule has 0 radical (unpaired) electrons. The molecule has 8 heteroatoms. The molecule has 0 saturated carbocycles. The molecule has 0 amide bonds. The average molecular weight is 317 g/mol. The molecule has 0 unspecified atom stereocenters. The van der Waals surface area contributed by atoms with Gasteiger partial charge in [0.2, 0.25) is 0 Å². The Bertz CT molecular complexity index is 672. The molecule has 0 atom stereocenters. The van der Waals surface area contributed by atoms with E-state index in [1.807, 2.05) is 0 Å². The standard InChI is InChI=1S/C13H8ClF3N2O2/c14-10-6-18-11(5-9(10)12(20)21)19-8-3-1-7(2-4-8)13(15,16)17/h1-6H,(H,18,19)(H,20,21). The highest BCUT2D eigenvalue weighted by Crippen LogP contribution is 2.30. The van der Waals surface area contributed by atoms with Crippen molar-refractivity contribution in [2.24, 2.45) is 0 Å². The maximum atomic E-state index is 12.4. The van der Waals surface area contributed by atoms with Crippen LogP contribution in [0.4, 0.5) is 24.7 Å². The second kappa shape index (κ2) is 5.61. The van der Waals surface area contributed by atoms with Crippen molar-refractivity contribution in [3.05, 3.63) is 52.7 Å². The Balaban J connectivity index is 2.22. The Kier molecular flexibility index (Phi) is 4.04. The summed E-state index contributed by atoms with van der Waals surface area (Å²) in [5.41, 5.74) is -0.585. The number of hydrogen-bond acceptors (Lipinski definition) is 3. The Morgan fingerprint density at radius 3 is 2.38 bits per heavy atom. The normalized spacial score (nSPS) is 11.2. The Morgan fingerprint density at radius 2 is 1.86 bits per heavy atom. The van der Waals surface area contributed by atoms with Crippen LogP contribution >= 0.6 is 11.6 Å². The molecular weight excluding hydrogens is 309 g/mol. The number of halogens is 4. The molecule has 4 nitrogen and oxygen atoms in total.